The van der Waals surface area contributed by atoms with Gasteiger partial charge in [-0.2, -0.15) is 0 Å². The summed E-state index contributed by atoms with van der Waals surface area (Å²) in [6.07, 6.45) is 19.7. The first kappa shape index (κ1) is 21.8. The third-order valence-corrected chi connectivity index (χ3v) is 12.9. The summed E-state index contributed by atoms with van der Waals surface area (Å²) in [6.45, 7) is 18.8. The Balaban J connectivity index is 1.48. The van der Waals surface area contributed by atoms with E-state index in [9.17, 15) is 0 Å². The largest absolute Gasteiger partial charge is 0.0596 e. The molecule has 0 unspecified atom stereocenters. The Hall–Kier alpha value is 0. The van der Waals surface area contributed by atoms with Crippen molar-refractivity contribution in [2.24, 2.45) is 56.7 Å². The van der Waals surface area contributed by atoms with Gasteiger partial charge in [0.2, 0.25) is 0 Å². The highest BCUT2D eigenvalue weighted by molar-refractivity contribution is 5.11. The van der Waals surface area contributed by atoms with E-state index < -0.39 is 0 Å². The number of rotatable bonds is 0. The van der Waals surface area contributed by atoms with Gasteiger partial charge in [0.1, 0.15) is 0 Å². The van der Waals surface area contributed by atoms with Crippen LogP contribution in [0.5, 0.6) is 0 Å². The van der Waals surface area contributed by atoms with Gasteiger partial charge < -0.3 is 0 Å². The summed E-state index contributed by atoms with van der Waals surface area (Å²) >= 11 is 0. The lowest BCUT2D eigenvalue weighted by Gasteiger charge is -2.63. The second kappa shape index (κ2) is 6.76. The van der Waals surface area contributed by atoms with E-state index in [1.165, 1.54) is 57.8 Å². The van der Waals surface area contributed by atoms with Crippen LogP contribution in [0, 0.1) is 56.7 Å². The molecule has 0 aromatic carbocycles. The molecule has 0 heteroatoms. The Bertz CT molecular complexity index is 672. The topological polar surface area (TPSA) is 0 Å². The highest BCUT2D eigenvalue weighted by atomic mass is 14.7. The quantitative estimate of drug-likeness (QED) is 0.372. The minimum absolute atomic E-state index is 0.567. The van der Waals surface area contributed by atoms with Crippen LogP contribution in [0.4, 0.5) is 0 Å². The van der Waals surface area contributed by atoms with Gasteiger partial charge in [0, 0.05) is 0 Å². The Kier molecular flexibility index (Phi) is 4.92. The first-order chi connectivity index (χ1) is 13.9. The van der Waals surface area contributed by atoms with E-state index in [4.69, 9.17) is 0 Å². The molecule has 5 aliphatic carbocycles. The molecule has 0 N–H and O–H groups in total. The van der Waals surface area contributed by atoms with Gasteiger partial charge in [0.25, 0.3) is 0 Å². The van der Waals surface area contributed by atoms with Crippen LogP contribution in [0.2, 0.25) is 0 Å². The van der Waals surface area contributed by atoms with Crippen molar-refractivity contribution in [2.75, 3.05) is 0 Å². The summed E-state index contributed by atoms with van der Waals surface area (Å²) in [5.41, 5.74) is 2.99. The molecule has 0 spiro atoms. The van der Waals surface area contributed by atoms with E-state index in [0.29, 0.717) is 27.1 Å². The van der Waals surface area contributed by atoms with Gasteiger partial charge in [0.05, 0.1) is 0 Å². The van der Waals surface area contributed by atoms with Gasteiger partial charge in [-0.05, 0) is 127 Å². The van der Waals surface area contributed by atoms with Crippen LogP contribution in [0.15, 0.2) is 0 Å². The smallest absolute Gasteiger partial charge is 0.0259 e. The molecule has 172 valence electrons. The molecule has 0 aliphatic heterocycles. The number of hydrogen-bond donors (Lipinski definition) is 0. The molecule has 5 saturated carbocycles. The van der Waals surface area contributed by atoms with Crippen molar-refractivity contribution in [1.29, 1.82) is 0 Å². The number of fused-ring (bicyclic) bond motifs is 6. The maximum Gasteiger partial charge on any atom is -0.0259 e. The van der Waals surface area contributed by atoms with Gasteiger partial charge in [-0.15, -0.1) is 0 Å². The van der Waals surface area contributed by atoms with E-state index in [0.717, 1.165) is 29.6 Å². The molecular formula is C30H52. The van der Waals surface area contributed by atoms with Crippen molar-refractivity contribution in [3.05, 3.63) is 0 Å². The highest BCUT2D eigenvalue weighted by Crippen LogP contribution is 2.71. The van der Waals surface area contributed by atoms with Crippen molar-refractivity contribution in [3.63, 3.8) is 0 Å². The molecule has 5 rings (SSSR count). The fraction of sp³-hybridized carbons (Fsp3) is 1.00. The summed E-state index contributed by atoms with van der Waals surface area (Å²) in [6, 6.07) is 0. The molecule has 8 atom stereocenters. The first-order valence-corrected chi connectivity index (χ1v) is 13.9. The molecule has 0 aromatic heterocycles. The van der Waals surface area contributed by atoms with E-state index in [2.05, 4.69) is 48.5 Å². The summed E-state index contributed by atoms with van der Waals surface area (Å²) in [5, 5.41) is 0. The predicted octanol–water partition coefficient (Wildman–Crippen LogP) is 9.28. The molecule has 5 aliphatic rings. The zero-order valence-electron chi connectivity index (χ0n) is 21.6. The zero-order chi connectivity index (χ0) is 21.6. The monoisotopic (exact) mass is 412 g/mol. The molecule has 0 bridgehead atoms. The minimum atomic E-state index is 0.567. The van der Waals surface area contributed by atoms with Crippen LogP contribution >= 0.6 is 0 Å². The fourth-order valence-electron chi connectivity index (χ4n) is 11.9. The van der Waals surface area contributed by atoms with E-state index >= 15 is 0 Å². The van der Waals surface area contributed by atoms with Crippen LogP contribution in [0.3, 0.4) is 0 Å². The zero-order valence-corrected chi connectivity index (χ0v) is 21.6. The molecule has 0 radical (unpaired) electrons. The highest BCUT2D eigenvalue weighted by Gasteiger charge is 2.62. The average Bonchev–Trinajstić information content (AvgIpc) is 2.77. The number of hydrogen-bond acceptors (Lipinski definition) is 0. The summed E-state index contributed by atoms with van der Waals surface area (Å²) < 4.78 is 0. The van der Waals surface area contributed by atoms with Crippen molar-refractivity contribution < 1.29 is 0 Å². The van der Waals surface area contributed by atoms with Crippen molar-refractivity contribution in [3.8, 4) is 0 Å². The van der Waals surface area contributed by atoms with Crippen LogP contribution < -0.4 is 0 Å². The Morgan fingerprint density at radius 3 is 1.73 bits per heavy atom. The van der Waals surface area contributed by atoms with E-state index in [1.54, 1.807) is 25.7 Å². The molecule has 0 nitrogen and oxygen atoms in total. The molecule has 5 fully saturated rings. The van der Waals surface area contributed by atoms with Gasteiger partial charge >= 0.3 is 0 Å². The lowest BCUT2D eigenvalue weighted by Crippen LogP contribution is -2.54. The Morgan fingerprint density at radius 2 is 1.07 bits per heavy atom. The third-order valence-electron chi connectivity index (χ3n) is 12.9. The molecule has 0 aromatic rings. The minimum Gasteiger partial charge on any atom is -0.0596 e. The SMILES string of the molecule is CC1(C)CCC[C@@]2(C)[C@H]1CC[C@@]1(C)C[C@@H]3CC[C@H]4C(C)(C)CCC[C@]4(C)[C@H]3CC[C@@H]12. The molecule has 30 heavy (non-hydrogen) atoms. The van der Waals surface area contributed by atoms with Crippen molar-refractivity contribution in [2.45, 2.75) is 132 Å². The molecule has 0 heterocycles. The van der Waals surface area contributed by atoms with E-state index in [-0.39, 0.29) is 0 Å². The standard InChI is InChI=1S/C30H52/c1-26(2)15-8-17-29(6)22-11-13-25-28(5,20-21(22)10-12-23(26)29)19-14-24-27(3,4)16-9-18-30(24,25)7/h21-25H,8-20H2,1-7H3/t21-,22-,23-,24-,25-,28-,29+,30-/m0/s1. The second-order valence-corrected chi connectivity index (χ2v) is 15.3. The molecular weight excluding hydrogens is 360 g/mol. The van der Waals surface area contributed by atoms with Crippen molar-refractivity contribution >= 4 is 0 Å². The Labute approximate surface area is 188 Å². The molecule has 0 saturated heterocycles. The third kappa shape index (κ3) is 2.96. The average molecular weight is 413 g/mol. The van der Waals surface area contributed by atoms with Crippen LogP contribution in [-0.4, -0.2) is 0 Å². The summed E-state index contributed by atoms with van der Waals surface area (Å²) in [4.78, 5) is 0. The van der Waals surface area contributed by atoms with Gasteiger partial charge in [0.15, 0.2) is 0 Å². The van der Waals surface area contributed by atoms with Gasteiger partial charge in [-0.25, -0.2) is 0 Å². The van der Waals surface area contributed by atoms with Crippen LogP contribution in [0.25, 0.3) is 0 Å². The van der Waals surface area contributed by atoms with Gasteiger partial charge in [-0.1, -0.05) is 61.3 Å². The van der Waals surface area contributed by atoms with Crippen LogP contribution in [-0.2, 0) is 0 Å². The maximum absolute atomic E-state index is 2.77. The van der Waals surface area contributed by atoms with E-state index in [1.807, 2.05) is 0 Å². The van der Waals surface area contributed by atoms with Crippen molar-refractivity contribution in [1.82, 2.24) is 0 Å². The lowest BCUT2D eigenvalue weighted by molar-refractivity contribution is -0.135. The lowest BCUT2D eigenvalue weighted by atomic mass is 9.42. The second-order valence-electron chi connectivity index (χ2n) is 15.3. The Morgan fingerprint density at radius 1 is 0.500 bits per heavy atom. The molecule has 0 amide bonds. The summed E-state index contributed by atoms with van der Waals surface area (Å²) in [7, 11) is 0. The first-order valence-electron chi connectivity index (χ1n) is 13.9. The van der Waals surface area contributed by atoms with Gasteiger partial charge in [-0.3, -0.25) is 0 Å². The fourth-order valence-corrected chi connectivity index (χ4v) is 11.9. The normalized spacial score (nSPS) is 54.7. The maximum atomic E-state index is 2.77. The predicted molar refractivity (Wildman–Crippen MR) is 129 cm³/mol. The summed E-state index contributed by atoms with van der Waals surface area (Å²) in [5.74, 6) is 4.95. The van der Waals surface area contributed by atoms with Crippen LogP contribution in [0.1, 0.15) is 132 Å².